The smallest absolute Gasteiger partial charge is 0.312 e. The van der Waals surface area contributed by atoms with Crippen LogP contribution in [0.5, 0.6) is 0 Å². The minimum Gasteiger partial charge on any atom is -0.460 e. The summed E-state index contributed by atoms with van der Waals surface area (Å²) in [4.78, 5) is 12.2. The number of carbonyl (C=O) groups is 1. The van der Waals surface area contributed by atoms with Crippen LogP contribution in [0.4, 0.5) is 0 Å². The molecule has 16 heavy (non-hydrogen) atoms. The van der Waals surface area contributed by atoms with Gasteiger partial charge in [0.05, 0.1) is 5.41 Å². The third-order valence-corrected chi connectivity index (χ3v) is 3.55. The molecule has 0 aromatic rings. The van der Waals surface area contributed by atoms with Crippen LogP contribution in [-0.2, 0) is 9.53 Å². The minimum atomic E-state index is -0.372. The zero-order valence-corrected chi connectivity index (χ0v) is 11.4. The highest BCUT2D eigenvalue weighted by Gasteiger charge is 2.40. The van der Waals surface area contributed by atoms with Crippen molar-refractivity contribution in [2.75, 3.05) is 0 Å². The molecule has 0 N–H and O–H groups in total. The van der Waals surface area contributed by atoms with Gasteiger partial charge >= 0.3 is 5.97 Å². The number of rotatable bonds is 2. The Balaban J connectivity index is 2.64. The van der Waals surface area contributed by atoms with E-state index in [1.165, 1.54) is 32.1 Å². The third-order valence-electron chi connectivity index (χ3n) is 3.55. The van der Waals surface area contributed by atoms with E-state index in [4.69, 9.17) is 4.74 Å². The first-order chi connectivity index (χ1) is 7.23. The Bertz CT molecular complexity index is 242. The van der Waals surface area contributed by atoms with Crippen LogP contribution >= 0.6 is 0 Å². The lowest BCUT2D eigenvalue weighted by Crippen LogP contribution is -2.39. The molecule has 1 saturated carbocycles. The molecule has 0 spiro atoms. The average Bonchev–Trinajstić information content (AvgIpc) is 2.16. The fraction of sp³-hybridized carbons (Fsp3) is 0.929. The van der Waals surface area contributed by atoms with Crippen molar-refractivity contribution in [3.63, 3.8) is 0 Å². The standard InChI is InChI=1S/C14H26O2/c1-13(2,3)16-12(15)14(4,5)11-9-7-6-8-10-11/h11H,6-10H2,1-5H3. The van der Waals surface area contributed by atoms with Gasteiger partial charge in [0.25, 0.3) is 0 Å². The number of ether oxygens (including phenoxy) is 1. The second kappa shape index (κ2) is 4.77. The molecule has 1 aliphatic carbocycles. The first kappa shape index (κ1) is 13.5. The molecule has 94 valence electrons. The highest BCUT2D eigenvalue weighted by Crippen LogP contribution is 2.39. The maximum Gasteiger partial charge on any atom is 0.312 e. The summed E-state index contributed by atoms with van der Waals surface area (Å²) in [6, 6.07) is 0. The Morgan fingerprint density at radius 3 is 1.94 bits per heavy atom. The normalized spacial score (nSPS) is 19.6. The first-order valence-electron chi connectivity index (χ1n) is 6.47. The van der Waals surface area contributed by atoms with Crippen molar-refractivity contribution in [1.29, 1.82) is 0 Å². The van der Waals surface area contributed by atoms with Crippen LogP contribution in [0.1, 0.15) is 66.7 Å². The van der Waals surface area contributed by atoms with Crippen molar-refractivity contribution in [3.05, 3.63) is 0 Å². The molecule has 0 aromatic heterocycles. The monoisotopic (exact) mass is 226 g/mol. The summed E-state index contributed by atoms with van der Waals surface area (Å²) in [5.74, 6) is 0.461. The zero-order chi connectivity index (χ0) is 12.4. The summed E-state index contributed by atoms with van der Waals surface area (Å²) in [7, 11) is 0. The Morgan fingerprint density at radius 2 is 1.50 bits per heavy atom. The molecule has 0 bridgehead atoms. The van der Waals surface area contributed by atoms with Gasteiger partial charge in [-0.05, 0) is 53.4 Å². The Kier molecular flexibility index (Phi) is 4.03. The summed E-state index contributed by atoms with van der Waals surface area (Å²) in [5, 5.41) is 0. The zero-order valence-electron chi connectivity index (χ0n) is 11.4. The lowest BCUT2D eigenvalue weighted by molar-refractivity contribution is -0.169. The van der Waals surface area contributed by atoms with E-state index in [9.17, 15) is 4.79 Å². The maximum absolute atomic E-state index is 12.2. The SMILES string of the molecule is CC(C)(C)OC(=O)C(C)(C)C1CCCCC1. The molecular weight excluding hydrogens is 200 g/mol. The average molecular weight is 226 g/mol. The van der Waals surface area contributed by atoms with E-state index in [0.717, 1.165) is 0 Å². The highest BCUT2D eigenvalue weighted by molar-refractivity contribution is 5.76. The predicted molar refractivity (Wildman–Crippen MR) is 66.2 cm³/mol. The molecule has 0 aromatic carbocycles. The Morgan fingerprint density at radius 1 is 1.00 bits per heavy atom. The third kappa shape index (κ3) is 3.50. The quantitative estimate of drug-likeness (QED) is 0.667. The van der Waals surface area contributed by atoms with Crippen LogP contribution in [0.3, 0.4) is 0 Å². The maximum atomic E-state index is 12.2. The van der Waals surface area contributed by atoms with Gasteiger partial charge in [0.1, 0.15) is 5.60 Å². The van der Waals surface area contributed by atoms with Gasteiger partial charge in [-0.15, -0.1) is 0 Å². The van der Waals surface area contributed by atoms with E-state index in [0.29, 0.717) is 5.92 Å². The number of hydrogen-bond acceptors (Lipinski definition) is 2. The van der Waals surface area contributed by atoms with Crippen LogP contribution in [0.2, 0.25) is 0 Å². The summed E-state index contributed by atoms with van der Waals surface area (Å²) < 4.78 is 5.52. The van der Waals surface area contributed by atoms with Gasteiger partial charge in [0.2, 0.25) is 0 Å². The van der Waals surface area contributed by atoms with Gasteiger partial charge in [-0.3, -0.25) is 4.79 Å². The molecule has 0 heterocycles. The predicted octanol–water partition coefficient (Wildman–Crippen LogP) is 3.93. The van der Waals surface area contributed by atoms with E-state index in [1.54, 1.807) is 0 Å². The molecule has 1 rings (SSSR count). The fourth-order valence-electron chi connectivity index (χ4n) is 2.40. The Labute approximate surface area is 99.8 Å². The summed E-state index contributed by atoms with van der Waals surface area (Å²) >= 11 is 0. The van der Waals surface area contributed by atoms with Crippen molar-refractivity contribution in [1.82, 2.24) is 0 Å². The van der Waals surface area contributed by atoms with Gasteiger partial charge in [-0.25, -0.2) is 0 Å². The van der Waals surface area contributed by atoms with Gasteiger partial charge < -0.3 is 4.74 Å². The minimum absolute atomic E-state index is 0.0353. The lowest BCUT2D eigenvalue weighted by Gasteiger charge is -2.36. The molecule has 1 aliphatic rings. The van der Waals surface area contributed by atoms with Crippen molar-refractivity contribution in [2.45, 2.75) is 72.3 Å². The second-order valence-corrected chi connectivity index (χ2v) is 6.56. The van der Waals surface area contributed by atoms with Gasteiger partial charge in [0, 0.05) is 0 Å². The van der Waals surface area contributed by atoms with Gasteiger partial charge in [-0.1, -0.05) is 19.3 Å². The van der Waals surface area contributed by atoms with Crippen LogP contribution in [0.25, 0.3) is 0 Å². The van der Waals surface area contributed by atoms with E-state index in [2.05, 4.69) is 0 Å². The number of carbonyl (C=O) groups excluding carboxylic acids is 1. The van der Waals surface area contributed by atoms with Crippen LogP contribution in [-0.4, -0.2) is 11.6 Å². The number of hydrogen-bond donors (Lipinski definition) is 0. The fourth-order valence-corrected chi connectivity index (χ4v) is 2.40. The largest absolute Gasteiger partial charge is 0.460 e. The molecular formula is C14H26O2. The summed E-state index contributed by atoms with van der Waals surface area (Å²) in [6.45, 7) is 9.87. The molecule has 0 atom stereocenters. The van der Waals surface area contributed by atoms with Gasteiger partial charge in [0.15, 0.2) is 0 Å². The van der Waals surface area contributed by atoms with Crippen molar-refractivity contribution in [3.8, 4) is 0 Å². The van der Waals surface area contributed by atoms with E-state index in [1.807, 2.05) is 34.6 Å². The summed E-state index contributed by atoms with van der Waals surface area (Å²) in [6.07, 6.45) is 6.19. The molecule has 0 saturated heterocycles. The van der Waals surface area contributed by atoms with E-state index >= 15 is 0 Å². The first-order valence-corrected chi connectivity index (χ1v) is 6.47. The van der Waals surface area contributed by atoms with E-state index in [-0.39, 0.29) is 17.0 Å². The second-order valence-electron chi connectivity index (χ2n) is 6.56. The van der Waals surface area contributed by atoms with Crippen LogP contribution in [0, 0.1) is 11.3 Å². The van der Waals surface area contributed by atoms with Crippen molar-refractivity contribution >= 4 is 5.97 Å². The Hall–Kier alpha value is -0.530. The summed E-state index contributed by atoms with van der Waals surface area (Å²) in [5.41, 5.74) is -0.698. The topological polar surface area (TPSA) is 26.3 Å². The molecule has 0 unspecified atom stereocenters. The molecule has 0 radical (unpaired) electrons. The molecule has 0 aliphatic heterocycles. The van der Waals surface area contributed by atoms with Gasteiger partial charge in [-0.2, -0.15) is 0 Å². The molecule has 0 amide bonds. The van der Waals surface area contributed by atoms with Crippen LogP contribution in [0.15, 0.2) is 0 Å². The lowest BCUT2D eigenvalue weighted by atomic mass is 9.71. The molecule has 2 heteroatoms. The van der Waals surface area contributed by atoms with Crippen LogP contribution < -0.4 is 0 Å². The molecule has 1 fully saturated rings. The highest BCUT2D eigenvalue weighted by atomic mass is 16.6. The van der Waals surface area contributed by atoms with E-state index < -0.39 is 0 Å². The van der Waals surface area contributed by atoms with Crippen molar-refractivity contribution in [2.24, 2.45) is 11.3 Å². The molecule has 2 nitrogen and oxygen atoms in total. The number of esters is 1. The van der Waals surface area contributed by atoms with Crippen molar-refractivity contribution < 1.29 is 9.53 Å².